The highest BCUT2D eigenvalue weighted by Gasteiger charge is 2.31. The van der Waals surface area contributed by atoms with Gasteiger partial charge in [-0.3, -0.25) is 9.78 Å². The Morgan fingerprint density at radius 1 is 0.841 bits per heavy atom. The van der Waals surface area contributed by atoms with Gasteiger partial charge >= 0.3 is 5.97 Å². The van der Waals surface area contributed by atoms with Crippen LogP contribution in [0, 0.1) is 13.8 Å². The van der Waals surface area contributed by atoms with Gasteiger partial charge in [-0.1, -0.05) is 84.4 Å². The maximum atomic E-state index is 14.1. The van der Waals surface area contributed by atoms with Crippen molar-refractivity contribution >= 4 is 35.6 Å². The predicted octanol–water partition coefficient (Wildman–Crippen LogP) is 7.27. The molecule has 2 aliphatic rings. The maximum absolute atomic E-state index is 14.1. The lowest BCUT2D eigenvalue weighted by atomic mass is 9.85. The molecule has 44 heavy (non-hydrogen) atoms. The maximum Gasteiger partial charge on any atom is 0.340 e. The second-order valence-electron chi connectivity index (χ2n) is 11.6. The average molecular weight is 606 g/mol. The molecule has 1 aromatic heterocycles. The zero-order valence-electron chi connectivity index (χ0n) is 25.3. The number of ether oxygens (including phenoxy) is 1. The van der Waals surface area contributed by atoms with Crippen LogP contribution < -0.4 is 0 Å². The summed E-state index contributed by atoms with van der Waals surface area (Å²) in [6.07, 6.45) is 4.91. The molecule has 0 bridgehead atoms. The monoisotopic (exact) mass is 605 g/mol. The van der Waals surface area contributed by atoms with Crippen LogP contribution in [0.5, 0.6) is 0 Å². The van der Waals surface area contributed by atoms with E-state index in [1.807, 2.05) is 36.1 Å². The van der Waals surface area contributed by atoms with Crippen molar-refractivity contribution in [3.8, 4) is 11.1 Å². The number of hydrogen-bond donors (Lipinski definition) is 0. The summed E-state index contributed by atoms with van der Waals surface area (Å²) in [6, 6.07) is 24.0. The molecule has 1 saturated heterocycles. The third-order valence-corrected chi connectivity index (χ3v) is 8.94. The number of hydrogen-bond acceptors (Lipinski definition) is 5. The first-order valence-electron chi connectivity index (χ1n) is 15.1. The first kappa shape index (κ1) is 29.8. The fourth-order valence-electron chi connectivity index (χ4n) is 6.42. The lowest BCUT2D eigenvalue weighted by molar-refractivity contribution is 0.0495. The van der Waals surface area contributed by atoms with Gasteiger partial charge in [-0.25, -0.2) is 4.79 Å². The third kappa shape index (κ3) is 5.92. The van der Waals surface area contributed by atoms with Gasteiger partial charge in [-0.05, 0) is 67.3 Å². The van der Waals surface area contributed by atoms with Crippen molar-refractivity contribution in [1.82, 2.24) is 14.8 Å². The average Bonchev–Trinajstić information content (AvgIpc) is 3.18. The third-order valence-electron chi connectivity index (χ3n) is 8.71. The Kier molecular flexibility index (Phi) is 8.65. The molecular weight excluding hydrogens is 570 g/mol. The molecule has 3 aromatic carbocycles. The molecule has 1 aliphatic carbocycles. The number of esters is 1. The number of likely N-dealkylation sites (N-methyl/N-ethyl adjacent to an activating group) is 1. The van der Waals surface area contributed by atoms with E-state index >= 15 is 0 Å². The molecule has 7 heteroatoms. The smallest absolute Gasteiger partial charge is 0.340 e. The summed E-state index contributed by atoms with van der Waals surface area (Å²) in [5.41, 5.74) is 7.78. The highest BCUT2D eigenvalue weighted by molar-refractivity contribution is 6.31. The zero-order chi connectivity index (χ0) is 30.8. The van der Waals surface area contributed by atoms with Crippen LogP contribution in [0.3, 0.4) is 0 Å². The van der Waals surface area contributed by atoms with Gasteiger partial charge in [0, 0.05) is 42.7 Å². The van der Waals surface area contributed by atoms with E-state index in [1.54, 1.807) is 19.1 Å². The molecule has 4 aromatic rings. The van der Waals surface area contributed by atoms with Crippen LogP contribution in [0.15, 0.2) is 72.8 Å². The predicted molar refractivity (Wildman–Crippen MR) is 176 cm³/mol. The van der Waals surface area contributed by atoms with Crippen LogP contribution in [0.1, 0.15) is 66.7 Å². The molecule has 6 rings (SSSR count). The van der Waals surface area contributed by atoms with Gasteiger partial charge in [-0.15, -0.1) is 0 Å². The Labute approximate surface area is 263 Å². The van der Waals surface area contributed by atoms with Crippen LogP contribution in [0.2, 0.25) is 5.02 Å². The summed E-state index contributed by atoms with van der Waals surface area (Å²) in [6.45, 7) is 6.62. The van der Waals surface area contributed by atoms with Crippen LogP contribution >= 0.6 is 11.6 Å². The first-order valence-corrected chi connectivity index (χ1v) is 15.5. The number of benzene rings is 3. The van der Waals surface area contributed by atoms with E-state index in [9.17, 15) is 9.59 Å². The summed E-state index contributed by atoms with van der Waals surface area (Å²) >= 11 is 6.43. The minimum Gasteiger partial charge on any atom is -0.462 e. The number of carbonyl (C=O) groups excluding carboxylic acids is 2. The molecule has 6 nitrogen and oxygen atoms in total. The minimum atomic E-state index is -0.495. The zero-order valence-corrected chi connectivity index (χ0v) is 26.1. The molecule has 0 radical (unpaired) electrons. The van der Waals surface area contributed by atoms with Crippen LogP contribution in [0.4, 0.5) is 0 Å². The number of rotatable bonds is 6. The number of aromatic nitrogens is 1. The van der Waals surface area contributed by atoms with Crippen molar-refractivity contribution < 1.29 is 14.3 Å². The second-order valence-corrected chi connectivity index (χ2v) is 12.0. The number of aryl methyl sites for hydroxylation is 2. The Bertz CT molecular complexity index is 1710. The number of pyridine rings is 1. The van der Waals surface area contributed by atoms with Gasteiger partial charge < -0.3 is 14.5 Å². The van der Waals surface area contributed by atoms with Gasteiger partial charge in [-0.2, -0.15) is 0 Å². The number of fused-ring (bicyclic) bond motifs is 2. The van der Waals surface area contributed by atoms with E-state index in [1.165, 1.54) is 11.1 Å². The molecule has 0 unspecified atom stereocenters. The SMILES string of the molecule is Cc1nc(C)c(C(=O)N2CCN(C)CC2)c(-c2cccc(Cl)c2)c1C(=O)OCCC1c2ccccc2C=Cc2ccccc21. The van der Waals surface area contributed by atoms with E-state index < -0.39 is 5.97 Å². The summed E-state index contributed by atoms with van der Waals surface area (Å²) in [5.74, 6) is -0.568. The van der Waals surface area contributed by atoms with Gasteiger partial charge in [0.25, 0.3) is 5.91 Å². The fourth-order valence-corrected chi connectivity index (χ4v) is 6.61. The van der Waals surface area contributed by atoms with E-state index in [0.717, 1.165) is 24.2 Å². The quantitative estimate of drug-likeness (QED) is 0.216. The van der Waals surface area contributed by atoms with Gasteiger partial charge in [0.15, 0.2) is 0 Å². The molecule has 0 atom stereocenters. The molecule has 0 spiro atoms. The molecule has 0 saturated carbocycles. The number of piperazine rings is 1. The number of nitrogens with zero attached hydrogens (tertiary/aromatic N) is 3. The minimum absolute atomic E-state index is 0.0595. The van der Waals surface area contributed by atoms with Crippen molar-refractivity contribution in [1.29, 1.82) is 0 Å². The summed E-state index contributed by atoms with van der Waals surface area (Å²) in [7, 11) is 2.05. The highest BCUT2D eigenvalue weighted by Crippen LogP contribution is 2.38. The Morgan fingerprint density at radius 3 is 2.09 bits per heavy atom. The largest absolute Gasteiger partial charge is 0.462 e. The van der Waals surface area contributed by atoms with Crippen LogP contribution in [-0.2, 0) is 4.74 Å². The molecule has 0 N–H and O–H groups in total. The lowest BCUT2D eigenvalue weighted by Gasteiger charge is -2.33. The summed E-state index contributed by atoms with van der Waals surface area (Å²) in [4.78, 5) is 36.8. The van der Waals surface area contributed by atoms with Crippen LogP contribution in [0.25, 0.3) is 23.3 Å². The lowest BCUT2D eigenvalue weighted by Crippen LogP contribution is -2.47. The van der Waals surface area contributed by atoms with Crippen molar-refractivity contribution in [2.75, 3.05) is 39.8 Å². The molecule has 2 heterocycles. The number of halogens is 1. The molecule has 224 valence electrons. The van der Waals surface area contributed by atoms with Gasteiger partial charge in [0.05, 0.1) is 29.1 Å². The Hall–Kier alpha value is -4.26. The second kappa shape index (κ2) is 12.8. The van der Waals surface area contributed by atoms with Gasteiger partial charge in [0.1, 0.15) is 0 Å². The standard InChI is InChI=1S/C37H36ClN3O3/c1-24-33(36(42)41-20-18-40(3)19-21-41)35(28-11-8-12-29(38)23-28)34(25(2)39-24)37(43)44-22-17-32-30-13-6-4-9-26(30)15-16-27-10-5-7-14-31(27)32/h4-16,23,32H,17-22H2,1-3H3. The summed E-state index contributed by atoms with van der Waals surface area (Å²) < 4.78 is 6.05. The van der Waals surface area contributed by atoms with Crippen LogP contribution in [-0.4, -0.2) is 66.5 Å². The number of amides is 1. The topological polar surface area (TPSA) is 62.7 Å². The number of carbonyl (C=O) groups is 2. The highest BCUT2D eigenvalue weighted by atomic mass is 35.5. The first-order chi connectivity index (χ1) is 21.3. The normalized spacial score (nSPS) is 15.0. The van der Waals surface area contributed by atoms with Crippen molar-refractivity contribution in [3.63, 3.8) is 0 Å². The van der Waals surface area contributed by atoms with E-state index in [0.29, 0.717) is 58.2 Å². The summed E-state index contributed by atoms with van der Waals surface area (Å²) in [5, 5.41) is 0.520. The van der Waals surface area contributed by atoms with E-state index in [4.69, 9.17) is 21.3 Å². The van der Waals surface area contributed by atoms with E-state index in [-0.39, 0.29) is 18.4 Å². The van der Waals surface area contributed by atoms with Crippen molar-refractivity contribution in [2.45, 2.75) is 26.2 Å². The van der Waals surface area contributed by atoms with E-state index in [2.05, 4.69) is 60.5 Å². The molecule has 1 fully saturated rings. The van der Waals surface area contributed by atoms with Crippen molar-refractivity contribution in [2.24, 2.45) is 0 Å². The molecule has 1 aliphatic heterocycles. The van der Waals surface area contributed by atoms with Crippen molar-refractivity contribution in [3.05, 3.63) is 123 Å². The molecular formula is C37H36ClN3O3. The Balaban J connectivity index is 1.34. The Morgan fingerprint density at radius 2 is 1.45 bits per heavy atom. The fraction of sp³-hybridized carbons (Fsp3) is 0.270. The van der Waals surface area contributed by atoms with Gasteiger partial charge in [0.2, 0.25) is 0 Å². The molecule has 1 amide bonds.